The molecule has 0 radical (unpaired) electrons. The van der Waals surface area contributed by atoms with Gasteiger partial charge in [-0.25, -0.2) is 0 Å². The van der Waals surface area contributed by atoms with Gasteiger partial charge in [0.25, 0.3) is 5.56 Å². The summed E-state index contributed by atoms with van der Waals surface area (Å²) in [6.45, 7) is -0.763. The Morgan fingerprint density at radius 1 is 1.07 bits per heavy atom. The molecule has 1 aromatic carbocycles. The first-order valence-corrected chi connectivity index (χ1v) is 8.89. The number of aliphatic hydroxyl groups excluding tert-OH is 4. The highest BCUT2D eigenvalue weighted by atomic mass is 16.4. The molecule has 0 bridgehead atoms. The summed E-state index contributed by atoms with van der Waals surface area (Å²) in [6.07, 6.45) is -1.38. The number of aromatic nitrogens is 2. The van der Waals surface area contributed by atoms with Crippen LogP contribution in [0, 0.1) is 0 Å². The van der Waals surface area contributed by atoms with E-state index in [-0.39, 0.29) is 5.56 Å². The van der Waals surface area contributed by atoms with Gasteiger partial charge < -0.3 is 35.5 Å². The topological polar surface area (TPSA) is 156 Å². The summed E-state index contributed by atoms with van der Waals surface area (Å²) < 4.78 is 0. The molecule has 0 fully saturated rings. The van der Waals surface area contributed by atoms with Crippen molar-refractivity contribution in [3.63, 3.8) is 0 Å². The Morgan fingerprint density at radius 2 is 1.79 bits per heavy atom. The highest BCUT2D eigenvalue weighted by molar-refractivity contribution is 5.86. The van der Waals surface area contributed by atoms with Crippen LogP contribution in [0.1, 0.15) is 0 Å². The Kier molecular flexibility index (Phi) is 6.35. The van der Waals surface area contributed by atoms with Crippen LogP contribution in [-0.4, -0.2) is 67.6 Å². The highest BCUT2D eigenvalue weighted by Crippen LogP contribution is 2.22. The SMILES string of the molecule is O=C[C@@H](Nc1ccc2cc(-c3ccncc3)c(=O)[nH]c2c1)[C@H](O)[C@@H](O)[C@@H](O)CO. The van der Waals surface area contributed by atoms with Gasteiger partial charge in [0, 0.05) is 23.6 Å². The zero-order valence-electron chi connectivity index (χ0n) is 15.3. The summed E-state index contributed by atoms with van der Waals surface area (Å²) in [5.41, 5.74) is 1.84. The third-order valence-electron chi connectivity index (χ3n) is 4.62. The molecule has 152 valence electrons. The Balaban J connectivity index is 1.88. The minimum Gasteiger partial charge on any atom is -0.394 e. The van der Waals surface area contributed by atoms with E-state index in [0.29, 0.717) is 23.1 Å². The molecule has 0 aliphatic carbocycles. The molecule has 3 aromatic rings. The van der Waals surface area contributed by atoms with Crippen LogP contribution in [0.4, 0.5) is 5.69 Å². The number of hydrogen-bond donors (Lipinski definition) is 6. The van der Waals surface area contributed by atoms with Crippen LogP contribution in [0.2, 0.25) is 0 Å². The average molecular weight is 399 g/mol. The number of rotatable bonds is 8. The molecule has 9 nitrogen and oxygen atoms in total. The number of fused-ring (bicyclic) bond motifs is 1. The van der Waals surface area contributed by atoms with Crippen molar-refractivity contribution in [1.29, 1.82) is 0 Å². The standard InChI is InChI=1S/C20H21N3O6/c24-9-16(18(27)19(28)17(26)10-25)22-13-2-1-12-7-14(11-3-5-21-6-4-11)20(29)23-15(12)8-13/h1-9,16-19,22,25-28H,10H2,(H,23,29)/t16-,17+,18+,19+/m1/s1. The number of anilines is 1. The molecule has 0 saturated heterocycles. The first-order chi connectivity index (χ1) is 13.9. The molecular weight excluding hydrogens is 378 g/mol. The van der Waals surface area contributed by atoms with Gasteiger partial charge in [0.15, 0.2) is 0 Å². The second-order valence-corrected chi connectivity index (χ2v) is 6.59. The van der Waals surface area contributed by atoms with Gasteiger partial charge in [0.05, 0.1) is 12.1 Å². The van der Waals surface area contributed by atoms with Crippen LogP contribution in [-0.2, 0) is 4.79 Å². The summed E-state index contributed by atoms with van der Waals surface area (Å²) in [4.78, 5) is 30.5. The zero-order valence-corrected chi connectivity index (χ0v) is 15.3. The molecule has 4 atom stereocenters. The molecule has 9 heteroatoms. The van der Waals surface area contributed by atoms with E-state index in [2.05, 4.69) is 15.3 Å². The molecule has 0 aliphatic heterocycles. The fourth-order valence-corrected chi connectivity index (χ4v) is 2.98. The monoisotopic (exact) mass is 399 g/mol. The minimum absolute atomic E-state index is 0.297. The third-order valence-corrected chi connectivity index (χ3v) is 4.62. The van der Waals surface area contributed by atoms with Crippen molar-refractivity contribution in [2.24, 2.45) is 0 Å². The fraction of sp³-hybridized carbons (Fsp3) is 0.250. The maximum Gasteiger partial charge on any atom is 0.256 e. The van der Waals surface area contributed by atoms with Crippen LogP contribution in [0.25, 0.3) is 22.0 Å². The Hall–Kier alpha value is -3.11. The van der Waals surface area contributed by atoms with Crippen molar-refractivity contribution in [2.45, 2.75) is 24.4 Å². The molecule has 0 saturated carbocycles. The second-order valence-electron chi connectivity index (χ2n) is 6.59. The van der Waals surface area contributed by atoms with Crippen LogP contribution >= 0.6 is 0 Å². The van der Waals surface area contributed by atoms with Crippen LogP contribution < -0.4 is 10.9 Å². The van der Waals surface area contributed by atoms with Crippen molar-refractivity contribution < 1.29 is 25.2 Å². The number of benzene rings is 1. The van der Waals surface area contributed by atoms with Crippen molar-refractivity contribution in [3.8, 4) is 11.1 Å². The van der Waals surface area contributed by atoms with Crippen molar-refractivity contribution in [3.05, 3.63) is 59.1 Å². The molecule has 2 aromatic heterocycles. The number of pyridine rings is 2. The van der Waals surface area contributed by atoms with Gasteiger partial charge in [-0.1, -0.05) is 6.07 Å². The maximum absolute atomic E-state index is 12.5. The second kappa shape index (κ2) is 8.93. The van der Waals surface area contributed by atoms with Crippen LogP contribution in [0.15, 0.2) is 53.6 Å². The van der Waals surface area contributed by atoms with Crippen LogP contribution in [0.3, 0.4) is 0 Å². The third kappa shape index (κ3) is 4.49. The van der Waals surface area contributed by atoms with Gasteiger partial charge in [-0.05, 0) is 41.3 Å². The number of aromatic amines is 1. The van der Waals surface area contributed by atoms with E-state index in [9.17, 15) is 24.9 Å². The van der Waals surface area contributed by atoms with Crippen molar-refractivity contribution in [2.75, 3.05) is 11.9 Å². The number of nitrogens with one attached hydrogen (secondary N) is 2. The Morgan fingerprint density at radius 3 is 2.45 bits per heavy atom. The quantitative estimate of drug-likeness (QED) is 0.281. The zero-order chi connectivity index (χ0) is 21.0. The molecule has 3 rings (SSSR count). The van der Waals surface area contributed by atoms with E-state index >= 15 is 0 Å². The largest absolute Gasteiger partial charge is 0.394 e. The number of carbonyl (C=O) groups is 1. The fourth-order valence-electron chi connectivity index (χ4n) is 2.98. The number of aliphatic hydroxyl groups is 4. The molecule has 2 heterocycles. The first kappa shape index (κ1) is 20.6. The lowest BCUT2D eigenvalue weighted by Crippen LogP contribution is -2.49. The minimum atomic E-state index is -1.72. The number of hydrogen-bond acceptors (Lipinski definition) is 8. The lowest BCUT2D eigenvalue weighted by Gasteiger charge is -2.26. The van der Waals surface area contributed by atoms with Gasteiger partial charge in [-0.2, -0.15) is 0 Å². The molecule has 0 amide bonds. The molecule has 6 N–H and O–H groups in total. The van der Waals surface area contributed by atoms with E-state index in [0.717, 1.165) is 10.9 Å². The molecule has 0 spiro atoms. The van der Waals surface area contributed by atoms with E-state index in [1.165, 1.54) is 0 Å². The maximum atomic E-state index is 12.5. The normalized spacial score (nSPS) is 15.4. The molecule has 0 unspecified atom stereocenters. The number of aldehydes is 1. The smallest absolute Gasteiger partial charge is 0.256 e. The van der Waals surface area contributed by atoms with E-state index in [1.807, 2.05) is 0 Å². The lowest BCUT2D eigenvalue weighted by atomic mass is 10.0. The van der Waals surface area contributed by atoms with E-state index in [1.54, 1.807) is 48.8 Å². The van der Waals surface area contributed by atoms with Gasteiger partial charge in [0.2, 0.25) is 0 Å². The number of nitrogens with zero attached hydrogens (tertiary/aromatic N) is 1. The highest BCUT2D eigenvalue weighted by Gasteiger charge is 2.31. The average Bonchev–Trinajstić information content (AvgIpc) is 2.75. The van der Waals surface area contributed by atoms with Gasteiger partial charge in [-0.15, -0.1) is 0 Å². The van der Waals surface area contributed by atoms with Gasteiger partial charge >= 0.3 is 0 Å². The number of carbonyl (C=O) groups excluding carboxylic acids is 1. The molecular formula is C20H21N3O6. The lowest BCUT2D eigenvalue weighted by molar-refractivity contribution is -0.117. The Labute approximate surface area is 165 Å². The molecule has 0 aliphatic rings. The summed E-state index contributed by atoms with van der Waals surface area (Å²) in [5.74, 6) is 0. The summed E-state index contributed by atoms with van der Waals surface area (Å²) in [7, 11) is 0. The summed E-state index contributed by atoms with van der Waals surface area (Å²) >= 11 is 0. The van der Waals surface area contributed by atoms with Gasteiger partial charge in [-0.3, -0.25) is 9.78 Å². The molecule has 29 heavy (non-hydrogen) atoms. The van der Waals surface area contributed by atoms with Crippen molar-refractivity contribution in [1.82, 2.24) is 9.97 Å². The Bertz CT molecular complexity index is 1040. The summed E-state index contributed by atoms with van der Waals surface area (Å²) in [6, 6.07) is 8.92. The van der Waals surface area contributed by atoms with Crippen molar-refractivity contribution >= 4 is 22.9 Å². The predicted molar refractivity (Wildman–Crippen MR) is 106 cm³/mol. The van der Waals surface area contributed by atoms with Gasteiger partial charge in [0.1, 0.15) is 30.6 Å². The number of H-pyrrole nitrogens is 1. The van der Waals surface area contributed by atoms with Crippen LogP contribution in [0.5, 0.6) is 0 Å². The van der Waals surface area contributed by atoms with E-state index in [4.69, 9.17) is 5.11 Å². The predicted octanol–water partition coefficient (Wildman–Crippen LogP) is -0.356. The first-order valence-electron chi connectivity index (χ1n) is 8.89. The summed E-state index contributed by atoms with van der Waals surface area (Å²) in [5, 5.41) is 41.7. The van der Waals surface area contributed by atoms with E-state index < -0.39 is 31.0 Å².